The van der Waals surface area contributed by atoms with Crippen molar-refractivity contribution in [3.8, 4) is 0 Å². The lowest BCUT2D eigenvalue weighted by Crippen LogP contribution is -2.53. The van der Waals surface area contributed by atoms with Crippen molar-refractivity contribution in [3.63, 3.8) is 0 Å². The van der Waals surface area contributed by atoms with Crippen LogP contribution >= 0.6 is 0 Å². The van der Waals surface area contributed by atoms with Crippen LogP contribution in [0.3, 0.4) is 0 Å². The van der Waals surface area contributed by atoms with Crippen molar-refractivity contribution in [1.82, 2.24) is 24.9 Å². The first-order chi connectivity index (χ1) is 14.5. The van der Waals surface area contributed by atoms with Crippen LogP contribution < -0.4 is 5.32 Å². The van der Waals surface area contributed by atoms with Gasteiger partial charge in [0.15, 0.2) is 5.96 Å². The molecule has 3 rings (SSSR count). The number of nitrogens with zero attached hydrogens (tertiary/aromatic N) is 5. The van der Waals surface area contributed by atoms with Crippen LogP contribution in [0.4, 0.5) is 0 Å². The standard InChI is InChI=1S/C24H48N6/c1-24(2,3)9-5-8-13-27-19-21-28(22-20-27)16-12-26-23(29-14-6-4-7-15-29)30-17-10-25-11-18-30/h25H,4-22H2,1-3H3. The fourth-order valence-electron chi connectivity index (χ4n) is 4.88. The number of unbranched alkanes of at least 4 members (excludes halogenated alkanes) is 1. The molecular formula is C24H48N6. The molecule has 0 aromatic rings. The first-order valence-corrected chi connectivity index (χ1v) is 12.7. The van der Waals surface area contributed by atoms with Crippen molar-refractivity contribution < 1.29 is 0 Å². The molecule has 1 N–H and O–H groups in total. The zero-order valence-corrected chi connectivity index (χ0v) is 20.2. The van der Waals surface area contributed by atoms with Gasteiger partial charge in [-0.15, -0.1) is 0 Å². The van der Waals surface area contributed by atoms with Gasteiger partial charge in [0, 0.05) is 72.0 Å². The Balaban J connectivity index is 1.38. The molecule has 6 heteroatoms. The van der Waals surface area contributed by atoms with E-state index in [1.165, 1.54) is 90.3 Å². The summed E-state index contributed by atoms with van der Waals surface area (Å²) in [6.07, 6.45) is 8.09. The highest BCUT2D eigenvalue weighted by molar-refractivity contribution is 5.80. The van der Waals surface area contributed by atoms with Crippen LogP contribution in [-0.4, -0.2) is 111 Å². The van der Waals surface area contributed by atoms with Gasteiger partial charge in [0.25, 0.3) is 0 Å². The van der Waals surface area contributed by atoms with Gasteiger partial charge < -0.3 is 20.0 Å². The lowest BCUT2D eigenvalue weighted by atomic mass is 9.90. The van der Waals surface area contributed by atoms with Gasteiger partial charge in [-0.05, 0) is 44.1 Å². The molecule has 6 nitrogen and oxygen atoms in total. The highest BCUT2D eigenvalue weighted by Crippen LogP contribution is 2.21. The second kappa shape index (κ2) is 12.3. The Kier molecular flexibility index (Phi) is 9.72. The van der Waals surface area contributed by atoms with Crippen molar-refractivity contribution in [2.24, 2.45) is 10.4 Å². The number of piperidine rings is 1. The van der Waals surface area contributed by atoms with E-state index in [0.29, 0.717) is 5.41 Å². The van der Waals surface area contributed by atoms with Crippen LogP contribution in [0.2, 0.25) is 0 Å². The monoisotopic (exact) mass is 420 g/mol. The average Bonchev–Trinajstić information content (AvgIpc) is 2.76. The highest BCUT2D eigenvalue weighted by atomic mass is 15.4. The molecule has 0 amide bonds. The fourth-order valence-corrected chi connectivity index (χ4v) is 4.88. The molecule has 0 saturated carbocycles. The van der Waals surface area contributed by atoms with Gasteiger partial charge in [-0.3, -0.25) is 9.89 Å². The van der Waals surface area contributed by atoms with Gasteiger partial charge in [0.2, 0.25) is 0 Å². The van der Waals surface area contributed by atoms with E-state index in [-0.39, 0.29) is 0 Å². The fraction of sp³-hybridized carbons (Fsp3) is 0.958. The molecular weight excluding hydrogens is 372 g/mol. The molecule has 3 heterocycles. The molecule has 3 aliphatic heterocycles. The molecule has 174 valence electrons. The normalized spacial score (nSPS) is 23.2. The Morgan fingerprint density at radius 3 is 1.97 bits per heavy atom. The minimum atomic E-state index is 0.483. The van der Waals surface area contributed by atoms with Gasteiger partial charge in [-0.2, -0.15) is 0 Å². The predicted octanol–water partition coefficient (Wildman–Crippen LogP) is 2.57. The Morgan fingerprint density at radius 1 is 0.733 bits per heavy atom. The second-order valence-corrected chi connectivity index (χ2v) is 10.7. The maximum absolute atomic E-state index is 5.15. The van der Waals surface area contributed by atoms with Crippen LogP contribution in [0, 0.1) is 5.41 Å². The van der Waals surface area contributed by atoms with Crippen LogP contribution in [0.1, 0.15) is 59.3 Å². The maximum Gasteiger partial charge on any atom is 0.196 e. The van der Waals surface area contributed by atoms with Crippen molar-refractivity contribution in [2.75, 3.05) is 85.1 Å². The van der Waals surface area contributed by atoms with Crippen molar-refractivity contribution in [3.05, 3.63) is 0 Å². The Bertz CT molecular complexity index is 474. The number of hydrogen-bond donors (Lipinski definition) is 1. The van der Waals surface area contributed by atoms with Crippen LogP contribution in [0.15, 0.2) is 4.99 Å². The lowest BCUT2D eigenvalue weighted by molar-refractivity contribution is 0.132. The summed E-state index contributed by atoms with van der Waals surface area (Å²) < 4.78 is 0. The number of aliphatic imine (C=N–C) groups is 1. The number of likely N-dealkylation sites (tertiary alicyclic amines) is 1. The van der Waals surface area contributed by atoms with E-state index in [2.05, 4.69) is 45.7 Å². The summed E-state index contributed by atoms with van der Waals surface area (Å²) in [5, 5.41) is 3.48. The third-order valence-electron chi connectivity index (χ3n) is 6.82. The van der Waals surface area contributed by atoms with Crippen LogP contribution in [-0.2, 0) is 0 Å². The first-order valence-electron chi connectivity index (χ1n) is 12.7. The number of piperazine rings is 2. The lowest BCUT2D eigenvalue weighted by Gasteiger charge is -2.39. The zero-order chi connectivity index (χ0) is 21.2. The minimum absolute atomic E-state index is 0.483. The second-order valence-electron chi connectivity index (χ2n) is 10.7. The Hall–Kier alpha value is -0.850. The molecule has 3 saturated heterocycles. The smallest absolute Gasteiger partial charge is 0.196 e. The quantitative estimate of drug-likeness (QED) is 0.389. The molecule has 0 atom stereocenters. The molecule has 3 fully saturated rings. The zero-order valence-electron chi connectivity index (χ0n) is 20.2. The van der Waals surface area contributed by atoms with E-state index >= 15 is 0 Å². The molecule has 0 aromatic heterocycles. The number of guanidine groups is 1. The number of nitrogens with one attached hydrogen (secondary N) is 1. The summed E-state index contributed by atoms with van der Waals surface area (Å²) in [5.74, 6) is 1.29. The maximum atomic E-state index is 5.15. The summed E-state index contributed by atoms with van der Waals surface area (Å²) >= 11 is 0. The third-order valence-corrected chi connectivity index (χ3v) is 6.82. The summed E-state index contributed by atoms with van der Waals surface area (Å²) in [6, 6.07) is 0. The summed E-state index contributed by atoms with van der Waals surface area (Å²) in [5.41, 5.74) is 0.483. The van der Waals surface area contributed by atoms with Gasteiger partial charge in [-0.25, -0.2) is 0 Å². The Labute approximate surface area is 186 Å². The van der Waals surface area contributed by atoms with Crippen LogP contribution in [0.25, 0.3) is 0 Å². The predicted molar refractivity (Wildman–Crippen MR) is 128 cm³/mol. The van der Waals surface area contributed by atoms with Gasteiger partial charge >= 0.3 is 0 Å². The highest BCUT2D eigenvalue weighted by Gasteiger charge is 2.22. The molecule has 0 radical (unpaired) electrons. The van der Waals surface area contributed by atoms with Gasteiger partial charge in [0.1, 0.15) is 0 Å². The summed E-state index contributed by atoms with van der Waals surface area (Å²) in [4.78, 5) is 15.5. The first kappa shape index (κ1) is 23.8. The SMILES string of the molecule is CC(C)(C)CCCCN1CCN(CCN=C(N2CCCCC2)N2CCNCC2)CC1. The minimum Gasteiger partial charge on any atom is -0.343 e. The van der Waals surface area contributed by atoms with E-state index in [4.69, 9.17) is 4.99 Å². The summed E-state index contributed by atoms with van der Waals surface area (Å²) in [7, 11) is 0. The van der Waals surface area contributed by atoms with E-state index in [0.717, 1.165) is 39.3 Å². The molecule has 3 aliphatic rings. The van der Waals surface area contributed by atoms with Crippen molar-refractivity contribution in [1.29, 1.82) is 0 Å². The summed E-state index contributed by atoms with van der Waals surface area (Å²) in [6.45, 7) is 22.0. The Morgan fingerprint density at radius 2 is 1.33 bits per heavy atom. The topological polar surface area (TPSA) is 37.4 Å². The average molecular weight is 421 g/mol. The van der Waals surface area contributed by atoms with E-state index < -0.39 is 0 Å². The van der Waals surface area contributed by atoms with Crippen molar-refractivity contribution in [2.45, 2.75) is 59.3 Å². The molecule has 30 heavy (non-hydrogen) atoms. The molecule has 0 bridgehead atoms. The largest absolute Gasteiger partial charge is 0.343 e. The molecule has 0 unspecified atom stereocenters. The number of rotatable bonds is 7. The van der Waals surface area contributed by atoms with E-state index in [1.807, 2.05) is 0 Å². The van der Waals surface area contributed by atoms with Gasteiger partial charge in [-0.1, -0.05) is 27.2 Å². The third kappa shape index (κ3) is 8.35. The number of hydrogen-bond acceptors (Lipinski definition) is 4. The van der Waals surface area contributed by atoms with E-state index in [1.54, 1.807) is 0 Å². The van der Waals surface area contributed by atoms with Crippen LogP contribution in [0.5, 0.6) is 0 Å². The van der Waals surface area contributed by atoms with Crippen molar-refractivity contribution >= 4 is 5.96 Å². The molecule has 0 spiro atoms. The van der Waals surface area contributed by atoms with Gasteiger partial charge in [0.05, 0.1) is 6.54 Å². The molecule has 0 aromatic carbocycles. The molecule has 0 aliphatic carbocycles. The van der Waals surface area contributed by atoms with E-state index in [9.17, 15) is 0 Å².